The molecule has 300 valence electrons. The van der Waals surface area contributed by atoms with Crippen molar-refractivity contribution in [3.63, 3.8) is 0 Å². The minimum absolute atomic E-state index is 0.0662. The van der Waals surface area contributed by atoms with Crippen molar-refractivity contribution in [1.29, 1.82) is 0 Å². The second-order valence-electron chi connectivity index (χ2n) is 12.8. The zero-order valence-corrected chi connectivity index (χ0v) is 32.3. The van der Waals surface area contributed by atoms with Gasteiger partial charge in [-0.25, -0.2) is 19.2 Å². The minimum Gasteiger partial charge on any atom is -0.493 e. The summed E-state index contributed by atoms with van der Waals surface area (Å²) >= 11 is 0. The Labute approximate surface area is 336 Å². The van der Waals surface area contributed by atoms with Gasteiger partial charge in [0, 0.05) is 48.6 Å². The number of carbonyl (C=O) groups is 4. The fraction of sp³-hybridized carbons (Fsp3) is 0.217. The number of carbonyl (C=O) groups excluding carboxylic acids is 4. The summed E-state index contributed by atoms with van der Waals surface area (Å²) in [7, 11) is 1.52. The van der Waals surface area contributed by atoms with Crippen molar-refractivity contribution in [2.24, 2.45) is 0 Å². The molecule has 1 aliphatic rings. The van der Waals surface area contributed by atoms with Crippen LogP contribution in [0.1, 0.15) is 53.5 Å². The molecule has 0 amide bonds. The summed E-state index contributed by atoms with van der Waals surface area (Å²) in [5, 5.41) is 9.85. The zero-order valence-electron chi connectivity index (χ0n) is 32.3. The van der Waals surface area contributed by atoms with Crippen molar-refractivity contribution in [2.45, 2.75) is 32.3 Å². The van der Waals surface area contributed by atoms with Crippen LogP contribution < -0.4 is 23.7 Å². The molecule has 1 atom stereocenters. The summed E-state index contributed by atoms with van der Waals surface area (Å²) in [4.78, 5) is 47.9. The lowest BCUT2D eigenvalue weighted by atomic mass is 9.99. The van der Waals surface area contributed by atoms with Gasteiger partial charge in [0.2, 0.25) is 0 Å². The Morgan fingerprint density at radius 3 is 1.62 bits per heavy atom. The lowest BCUT2D eigenvalue weighted by Gasteiger charge is -2.11. The number of aliphatic hydroxyl groups is 1. The van der Waals surface area contributed by atoms with Crippen LogP contribution in [0.5, 0.6) is 28.7 Å². The maximum absolute atomic E-state index is 12.8. The highest BCUT2D eigenvalue weighted by molar-refractivity contribution is 5.90. The molecule has 12 nitrogen and oxygen atoms in total. The van der Waals surface area contributed by atoms with E-state index in [0.29, 0.717) is 64.9 Å². The quantitative estimate of drug-likeness (QED) is 0.0407. The average molecular weight is 789 g/mol. The molecule has 1 unspecified atom stereocenters. The molecule has 0 spiro atoms. The molecule has 0 heterocycles. The molecule has 1 N–H and O–H groups in total. The molecule has 58 heavy (non-hydrogen) atoms. The zero-order chi connectivity index (χ0) is 41.4. The molecule has 4 aromatic carbocycles. The third-order valence-electron chi connectivity index (χ3n) is 8.89. The van der Waals surface area contributed by atoms with E-state index in [9.17, 15) is 24.3 Å². The van der Waals surface area contributed by atoms with Crippen LogP contribution in [-0.2, 0) is 35.3 Å². The van der Waals surface area contributed by atoms with E-state index in [1.165, 1.54) is 19.3 Å². The number of methoxy groups -OCH3 is 1. The summed E-state index contributed by atoms with van der Waals surface area (Å²) in [6.07, 6.45) is 8.99. The fourth-order valence-electron chi connectivity index (χ4n) is 6.03. The highest BCUT2D eigenvalue weighted by atomic mass is 16.5. The lowest BCUT2D eigenvalue weighted by molar-refractivity contribution is -0.138. The summed E-state index contributed by atoms with van der Waals surface area (Å²) in [5.41, 5.74) is 5.81. The van der Waals surface area contributed by atoms with Crippen LogP contribution in [0.3, 0.4) is 0 Å². The van der Waals surface area contributed by atoms with Gasteiger partial charge in [-0.2, -0.15) is 0 Å². The number of esters is 4. The summed E-state index contributed by atoms with van der Waals surface area (Å²) in [5.74, 6) is 0.0546. The van der Waals surface area contributed by atoms with Gasteiger partial charge < -0.3 is 38.3 Å². The van der Waals surface area contributed by atoms with Gasteiger partial charge in [0.05, 0.1) is 40.1 Å². The van der Waals surface area contributed by atoms with Crippen LogP contribution in [0.25, 0.3) is 23.3 Å². The van der Waals surface area contributed by atoms with Gasteiger partial charge in [0.1, 0.15) is 17.2 Å². The minimum atomic E-state index is -0.575. The number of benzene rings is 4. The average Bonchev–Trinajstić information content (AvgIpc) is 3.51. The first-order chi connectivity index (χ1) is 28.1. The SMILES string of the molecule is C=CC(=O)OCCCOc1ccc(C=CC(=O)Oc2ccc3c(c2)C(C)c2cc(OC(=O)C=Cc4ccc(OCCCOC(=O)C=C)c(OC)c4)ccc2-3)cc1CO. The molecule has 0 aromatic heterocycles. The maximum Gasteiger partial charge on any atom is 0.336 e. The smallest absolute Gasteiger partial charge is 0.336 e. The number of hydrogen-bond acceptors (Lipinski definition) is 12. The van der Waals surface area contributed by atoms with Gasteiger partial charge in [-0.15, -0.1) is 0 Å². The first-order valence-electron chi connectivity index (χ1n) is 18.5. The predicted molar refractivity (Wildman–Crippen MR) is 217 cm³/mol. The molecule has 5 rings (SSSR count). The number of fused-ring (bicyclic) bond motifs is 3. The normalized spacial score (nSPS) is 12.6. The second kappa shape index (κ2) is 20.8. The van der Waals surface area contributed by atoms with Crippen molar-refractivity contribution < 1.29 is 57.4 Å². The van der Waals surface area contributed by atoms with Crippen molar-refractivity contribution >= 4 is 36.0 Å². The Hall–Kier alpha value is -6.92. The standard InChI is InChI=1S/C46H44O12/c1-5-43(48)55-23-7-21-53-40-17-9-31(25-33(40)29-47)11-19-45(50)57-34-13-15-36-37-16-14-35(28-39(37)30(3)38(36)27-34)58-46(51)20-12-32-10-18-41(42(26-32)52-4)54-22-8-24-56-44(49)6-2/h5-6,9-20,25-28,30,47H,1-2,7-8,21-24,29H2,3-4H3. The van der Waals surface area contributed by atoms with Crippen molar-refractivity contribution in [3.8, 4) is 39.9 Å². The lowest BCUT2D eigenvalue weighted by Crippen LogP contribution is -2.07. The summed E-state index contributed by atoms with van der Waals surface area (Å²) in [6.45, 7) is 9.45. The molecule has 1 aliphatic carbocycles. The first kappa shape index (κ1) is 42.2. The van der Waals surface area contributed by atoms with Gasteiger partial charge >= 0.3 is 23.9 Å². The first-order valence-corrected chi connectivity index (χ1v) is 18.5. The number of hydrogen-bond donors (Lipinski definition) is 1. The van der Waals surface area contributed by atoms with Gasteiger partial charge in [-0.05, 0) is 94.1 Å². The molecule has 0 aliphatic heterocycles. The third-order valence-corrected chi connectivity index (χ3v) is 8.89. The fourth-order valence-corrected chi connectivity index (χ4v) is 6.03. The molecular formula is C46H44O12. The van der Waals surface area contributed by atoms with Crippen molar-refractivity contribution in [1.82, 2.24) is 0 Å². The topological polar surface area (TPSA) is 153 Å². The van der Waals surface area contributed by atoms with Crippen molar-refractivity contribution in [2.75, 3.05) is 33.5 Å². The summed E-state index contributed by atoms with van der Waals surface area (Å²) < 4.78 is 38.1. The molecule has 0 bridgehead atoms. The molecule has 0 fully saturated rings. The van der Waals surface area contributed by atoms with E-state index in [2.05, 4.69) is 13.2 Å². The van der Waals surface area contributed by atoms with E-state index in [-0.39, 0.29) is 32.3 Å². The number of rotatable bonds is 20. The van der Waals surface area contributed by atoms with E-state index in [1.807, 2.05) is 31.2 Å². The van der Waals surface area contributed by atoms with E-state index in [4.69, 9.17) is 33.2 Å². The van der Waals surface area contributed by atoms with Crippen molar-refractivity contribution in [3.05, 3.63) is 138 Å². The van der Waals surface area contributed by atoms with E-state index < -0.39 is 23.9 Å². The molecule has 4 aromatic rings. The maximum atomic E-state index is 12.8. The second-order valence-corrected chi connectivity index (χ2v) is 12.8. The molecule has 0 radical (unpaired) electrons. The van der Waals surface area contributed by atoms with Crippen LogP contribution in [0, 0.1) is 0 Å². The largest absolute Gasteiger partial charge is 0.493 e. The number of aliphatic hydroxyl groups excluding tert-OH is 1. The van der Waals surface area contributed by atoms with Crippen LogP contribution >= 0.6 is 0 Å². The Bertz CT molecular complexity index is 2060. The number of ether oxygens (including phenoxy) is 7. The highest BCUT2D eigenvalue weighted by Gasteiger charge is 2.27. The monoisotopic (exact) mass is 788 g/mol. The molecular weight excluding hydrogens is 744 g/mol. The molecule has 0 saturated heterocycles. The Kier molecular flexibility index (Phi) is 15.2. The molecule has 0 saturated carbocycles. The Morgan fingerprint density at radius 2 is 1.12 bits per heavy atom. The highest BCUT2D eigenvalue weighted by Crippen LogP contribution is 2.47. The summed E-state index contributed by atoms with van der Waals surface area (Å²) in [6, 6.07) is 21.3. The van der Waals surface area contributed by atoms with Crippen LogP contribution in [0.2, 0.25) is 0 Å². The Balaban J connectivity index is 1.13. The third kappa shape index (κ3) is 11.6. The van der Waals surface area contributed by atoms with Gasteiger partial charge in [0.15, 0.2) is 11.5 Å². The van der Waals surface area contributed by atoms with E-state index >= 15 is 0 Å². The van der Waals surface area contributed by atoms with E-state index in [1.54, 1.807) is 60.7 Å². The predicted octanol–water partition coefficient (Wildman–Crippen LogP) is 7.55. The molecule has 12 heteroatoms. The van der Waals surface area contributed by atoms with Crippen LogP contribution in [0.15, 0.2) is 110 Å². The van der Waals surface area contributed by atoms with Gasteiger partial charge in [0.25, 0.3) is 0 Å². The Morgan fingerprint density at radius 1 is 0.621 bits per heavy atom. The van der Waals surface area contributed by atoms with Gasteiger partial charge in [-0.1, -0.05) is 44.3 Å². The van der Waals surface area contributed by atoms with E-state index in [0.717, 1.165) is 34.4 Å². The van der Waals surface area contributed by atoms with Gasteiger partial charge in [-0.3, -0.25) is 0 Å². The van der Waals surface area contributed by atoms with Crippen LogP contribution in [-0.4, -0.2) is 62.5 Å². The van der Waals surface area contributed by atoms with Crippen LogP contribution in [0.4, 0.5) is 0 Å².